The minimum Gasteiger partial charge on any atom is -0.299 e. The molecule has 3 heteroatoms. The zero-order valence-electron chi connectivity index (χ0n) is 9.66. The second-order valence-electron chi connectivity index (χ2n) is 5.16. The summed E-state index contributed by atoms with van der Waals surface area (Å²) >= 11 is 0. The van der Waals surface area contributed by atoms with Crippen LogP contribution in [0.1, 0.15) is 32.4 Å². The highest BCUT2D eigenvalue weighted by Crippen LogP contribution is 2.52. The molecule has 0 amide bonds. The van der Waals surface area contributed by atoms with Gasteiger partial charge in [-0.3, -0.25) is 9.48 Å². The quantitative estimate of drug-likeness (QED) is 0.755. The van der Waals surface area contributed by atoms with Gasteiger partial charge >= 0.3 is 0 Å². The average Bonchev–Trinajstić information content (AvgIpc) is 2.61. The van der Waals surface area contributed by atoms with Crippen LogP contribution < -0.4 is 0 Å². The Labute approximate surface area is 90.5 Å². The van der Waals surface area contributed by atoms with Gasteiger partial charge in [-0.25, -0.2) is 0 Å². The Hall–Kier alpha value is -1.12. The topological polar surface area (TPSA) is 34.9 Å². The van der Waals surface area contributed by atoms with Crippen LogP contribution in [-0.2, 0) is 18.3 Å². The molecule has 0 aliphatic heterocycles. The van der Waals surface area contributed by atoms with Crippen LogP contribution in [0.4, 0.5) is 0 Å². The van der Waals surface area contributed by atoms with E-state index in [1.54, 1.807) is 6.20 Å². The highest BCUT2D eigenvalue weighted by atomic mass is 16.1. The number of ketones is 1. The maximum absolute atomic E-state index is 11.8. The van der Waals surface area contributed by atoms with Gasteiger partial charge in [0.2, 0.25) is 0 Å². The Kier molecular flexibility index (Phi) is 2.41. The summed E-state index contributed by atoms with van der Waals surface area (Å²) < 4.78 is 1.84. The molecular weight excluding hydrogens is 188 g/mol. The molecule has 1 atom stereocenters. The molecule has 0 aromatic carbocycles. The van der Waals surface area contributed by atoms with E-state index in [0.717, 1.165) is 18.5 Å². The number of hydrogen-bond acceptors (Lipinski definition) is 2. The maximum atomic E-state index is 11.8. The molecule has 1 aromatic heterocycles. The van der Waals surface area contributed by atoms with Gasteiger partial charge in [0.1, 0.15) is 5.78 Å². The molecule has 1 unspecified atom stereocenters. The summed E-state index contributed by atoms with van der Waals surface area (Å²) in [6.07, 6.45) is 4.33. The lowest BCUT2D eigenvalue weighted by Crippen LogP contribution is -2.08. The molecular formula is C12H18N2O. The molecule has 1 fully saturated rings. The number of carbonyl (C=O) groups is 1. The summed E-state index contributed by atoms with van der Waals surface area (Å²) in [7, 11) is 1.92. The normalized spacial score (nSPS) is 22.7. The van der Waals surface area contributed by atoms with Gasteiger partial charge in [0.25, 0.3) is 0 Å². The van der Waals surface area contributed by atoms with Crippen molar-refractivity contribution in [2.45, 2.75) is 33.1 Å². The molecule has 0 N–H and O–H groups in total. The SMILES string of the molecule is Cn1nccc1CCC(=O)C1CC1(C)C. The summed E-state index contributed by atoms with van der Waals surface area (Å²) in [4.78, 5) is 11.8. The van der Waals surface area contributed by atoms with Gasteiger partial charge in [-0.15, -0.1) is 0 Å². The van der Waals surface area contributed by atoms with Crippen molar-refractivity contribution in [2.24, 2.45) is 18.4 Å². The van der Waals surface area contributed by atoms with Crippen LogP contribution in [0.2, 0.25) is 0 Å². The van der Waals surface area contributed by atoms with Crippen molar-refractivity contribution in [2.75, 3.05) is 0 Å². The molecule has 1 saturated carbocycles. The Morgan fingerprint density at radius 3 is 2.80 bits per heavy atom. The van der Waals surface area contributed by atoms with Crippen LogP contribution in [0.5, 0.6) is 0 Å². The van der Waals surface area contributed by atoms with E-state index in [9.17, 15) is 4.79 Å². The molecule has 0 spiro atoms. The van der Waals surface area contributed by atoms with E-state index >= 15 is 0 Å². The van der Waals surface area contributed by atoms with E-state index in [-0.39, 0.29) is 5.41 Å². The molecule has 2 rings (SSSR count). The molecule has 1 heterocycles. The van der Waals surface area contributed by atoms with E-state index in [0.29, 0.717) is 18.1 Å². The van der Waals surface area contributed by atoms with E-state index in [4.69, 9.17) is 0 Å². The van der Waals surface area contributed by atoms with Crippen molar-refractivity contribution in [3.8, 4) is 0 Å². The standard InChI is InChI=1S/C12H18N2O/c1-12(2)8-10(12)11(15)5-4-9-6-7-13-14(9)3/h6-7,10H,4-5,8H2,1-3H3. The van der Waals surface area contributed by atoms with Crippen LogP contribution in [-0.4, -0.2) is 15.6 Å². The lowest BCUT2D eigenvalue weighted by molar-refractivity contribution is -0.120. The second kappa shape index (κ2) is 3.47. The lowest BCUT2D eigenvalue weighted by Gasteiger charge is -2.03. The first-order chi connectivity index (χ1) is 7.00. The third kappa shape index (κ3) is 2.11. The lowest BCUT2D eigenvalue weighted by atomic mass is 10.0. The summed E-state index contributed by atoms with van der Waals surface area (Å²) in [6, 6.07) is 1.98. The van der Waals surface area contributed by atoms with Crippen LogP contribution in [0.3, 0.4) is 0 Å². The zero-order valence-corrected chi connectivity index (χ0v) is 9.66. The van der Waals surface area contributed by atoms with Gasteiger partial charge in [-0.05, 0) is 24.3 Å². The van der Waals surface area contributed by atoms with Crippen molar-refractivity contribution >= 4 is 5.78 Å². The van der Waals surface area contributed by atoms with Gasteiger partial charge in [-0.2, -0.15) is 5.10 Å². The molecule has 3 nitrogen and oxygen atoms in total. The summed E-state index contributed by atoms with van der Waals surface area (Å²) in [6.45, 7) is 4.33. The number of Topliss-reactive ketones (excluding diaryl/α,β-unsaturated/α-hetero) is 1. The predicted molar refractivity (Wildman–Crippen MR) is 58.4 cm³/mol. The molecule has 0 bridgehead atoms. The minimum atomic E-state index is 0.267. The molecule has 82 valence electrons. The smallest absolute Gasteiger partial charge is 0.136 e. The van der Waals surface area contributed by atoms with Crippen molar-refractivity contribution in [1.82, 2.24) is 9.78 Å². The first kappa shape index (κ1) is 10.4. The summed E-state index contributed by atoms with van der Waals surface area (Å²) in [5.74, 6) is 0.729. The monoisotopic (exact) mass is 206 g/mol. The van der Waals surface area contributed by atoms with Gasteiger partial charge in [0.15, 0.2) is 0 Å². The number of nitrogens with zero attached hydrogens (tertiary/aromatic N) is 2. The highest BCUT2D eigenvalue weighted by Gasteiger charge is 2.49. The Bertz CT molecular complexity index is 379. The minimum absolute atomic E-state index is 0.267. The first-order valence-electron chi connectivity index (χ1n) is 5.50. The molecule has 1 aliphatic rings. The molecule has 0 saturated heterocycles. The largest absolute Gasteiger partial charge is 0.299 e. The fourth-order valence-corrected chi connectivity index (χ4v) is 2.09. The number of rotatable bonds is 4. The van der Waals surface area contributed by atoms with Gasteiger partial charge in [0, 0.05) is 31.3 Å². The first-order valence-corrected chi connectivity index (χ1v) is 5.50. The fourth-order valence-electron chi connectivity index (χ4n) is 2.09. The Morgan fingerprint density at radius 2 is 2.33 bits per heavy atom. The van der Waals surface area contributed by atoms with Crippen molar-refractivity contribution < 1.29 is 4.79 Å². The van der Waals surface area contributed by atoms with Gasteiger partial charge in [-0.1, -0.05) is 13.8 Å². The van der Waals surface area contributed by atoms with E-state index < -0.39 is 0 Å². The van der Waals surface area contributed by atoms with Crippen LogP contribution >= 0.6 is 0 Å². The van der Waals surface area contributed by atoms with Crippen LogP contribution in [0.25, 0.3) is 0 Å². The second-order valence-corrected chi connectivity index (χ2v) is 5.16. The number of hydrogen-bond donors (Lipinski definition) is 0. The molecule has 0 radical (unpaired) electrons. The van der Waals surface area contributed by atoms with E-state index in [2.05, 4.69) is 18.9 Å². The van der Waals surface area contributed by atoms with Crippen molar-refractivity contribution in [3.05, 3.63) is 18.0 Å². The van der Waals surface area contributed by atoms with Gasteiger partial charge in [0.05, 0.1) is 0 Å². The Balaban J connectivity index is 1.85. The third-order valence-corrected chi connectivity index (χ3v) is 3.45. The number of aryl methyl sites for hydroxylation is 2. The van der Waals surface area contributed by atoms with E-state index in [1.165, 1.54) is 0 Å². The average molecular weight is 206 g/mol. The predicted octanol–water partition coefficient (Wildman–Crippen LogP) is 1.97. The van der Waals surface area contributed by atoms with Crippen LogP contribution in [0.15, 0.2) is 12.3 Å². The third-order valence-electron chi connectivity index (χ3n) is 3.45. The zero-order chi connectivity index (χ0) is 11.1. The van der Waals surface area contributed by atoms with Crippen molar-refractivity contribution in [3.63, 3.8) is 0 Å². The molecule has 1 aliphatic carbocycles. The number of aromatic nitrogens is 2. The van der Waals surface area contributed by atoms with Gasteiger partial charge < -0.3 is 0 Å². The maximum Gasteiger partial charge on any atom is 0.136 e. The molecule has 15 heavy (non-hydrogen) atoms. The van der Waals surface area contributed by atoms with Crippen molar-refractivity contribution in [1.29, 1.82) is 0 Å². The summed E-state index contributed by atoms with van der Waals surface area (Å²) in [5.41, 5.74) is 1.41. The highest BCUT2D eigenvalue weighted by molar-refractivity contribution is 5.84. The summed E-state index contributed by atoms with van der Waals surface area (Å²) in [5, 5.41) is 4.09. The molecule has 1 aromatic rings. The number of carbonyl (C=O) groups excluding carboxylic acids is 1. The Morgan fingerprint density at radius 1 is 1.67 bits per heavy atom. The fraction of sp³-hybridized carbons (Fsp3) is 0.667. The van der Waals surface area contributed by atoms with E-state index in [1.807, 2.05) is 17.8 Å². The van der Waals surface area contributed by atoms with Crippen LogP contribution in [0, 0.1) is 11.3 Å².